The zero-order valence-corrected chi connectivity index (χ0v) is 11.7. The van der Waals surface area contributed by atoms with Crippen molar-refractivity contribution in [3.05, 3.63) is 34.1 Å². The lowest BCUT2D eigenvalue weighted by molar-refractivity contribution is 0.0996. The largest absolute Gasteiger partial charge is 0.378 e. The molecule has 1 aliphatic heterocycles. The zero-order chi connectivity index (χ0) is 13.0. The van der Waals surface area contributed by atoms with Crippen LogP contribution in [-0.4, -0.2) is 12.7 Å². The minimum Gasteiger partial charge on any atom is -0.378 e. The maximum atomic E-state index is 13.2. The molecule has 1 heterocycles. The van der Waals surface area contributed by atoms with Crippen molar-refractivity contribution in [2.75, 3.05) is 6.61 Å². The summed E-state index contributed by atoms with van der Waals surface area (Å²) in [6.45, 7) is 0.869. The molecule has 2 unspecified atom stereocenters. The van der Waals surface area contributed by atoms with Gasteiger partial charge in [0, 0.05) is 12.6 Å². The van der Waals surface area contributed by atoms with E-state index in [2.05, 4.69) is 21.4 Å². The molecule has 0 aromatic heterocycles. The lowest BCUT2D eigenvalue weighted by Crippen LogP contribution is -2.28. The number of benzene rings is 1. The van der Waals surface area contributed by atoms with E-state index in [0.717, 1.165) is 37.9 Å². The third-order valence-electron chi connectivity index (χ3n) is 3.35. The summed E-state index contributed by atoms with van der Waals surface area (Å²) < 4.78 is 19.2. The predicted molar refractivity (Wildman–Crippen MR) is 72.4 cm³/mol. The van der Waals surface area contributed by atoms with Gasteiger partial charge < -0.3 is 4.74 Å². The fourth-order valence-corrected chi connectivity index (χ4v) is 2.70. The molecule has 1 aromatic rings. The van der Waals surface area contributed by atoms with E-state index >= 15 is 0 Å². The highest BCUT2D eigenvalue weighted by Crippen LogP contribution is 2.26. The van der Waals surface area contributed by atoms with Gasteiger partial charge in [-0.3, -0.25) is 11.3 Å². The standard InChI is InChI=1S/C13H18BrFN2O/c14-11-8-9(3-5-12(11)15)13(17-16)6-4-10-2-1-7-18-10/h3,5,8,10,13,17H,1-2,4,6-7,16H2. The molecule has 2 atom stereocenters. The Morgan fingerprint density at radius 2 is 2.39 bits per heavy atom. The van der Waals surface area contributed by atoms with Crippen LogP contribution in [0.15, 0.2) is 22.7 Å². The number of rotatable bonds is 5. The van der Waals surface area contributed by atoms with Crippen LogP contribution in [0.3, 0.4) is 0 Å². The van der Waals surface area contributed by atoms with Crippen LogP contribution in [0.2, 0.25) is 0 Å². The van der Waals surface area contributed by atoms with Crippen LogP contribution < -0.4 is 11.3 Å². The zero-order valence-electron chi connectivity index (χ0n) is 10.2. The van der Waals surface area contributed by atoms with Crippen molar-refractivity contribution in [3.8, 4) is 0 Å². The summed E-state index contributed by atoms with van der Waals surface area (Å²) in [5.74, 6) is 5.32. The molecule has 0 amide bonds. The van der Waals surface area contributed by atoms with Crippen LogP contribution in [0.1, 0.15) is 37.3 Å². The van der Waals surface area contributed by atoms with Gasteiger partial charge >= 0.3 is 0 Å². The SMILES string of the molecule is NNC(CCC1CCCO1)c1ccc(F)c(Br)c1. The molecule has 0 radical (unpaired) electrons. The Labute approximate surface area is 115 Å². The van der Waals surface area contributed by atoms with E-state index < -0.39 is 0 Å². The molecule has 3 N–H and O–H groups in total. The smallest absolute Gasteiger partial charge is 0.137 e. The van der Waals surface area contributed by atoms with Gasteiger partial charge in [0.2, 0.25) is 0 Å². The lowest BCUT2D eigenvalue weighted by Gasteiger charge is -2.18. The number of nitrogens with one attached hydrogen (secondary N) is 1. The molecule has 0 bridgehead atoms. The van der Waals surface area contributed by atoms with Crippen LogP contribution in [0.25, 0.3) is 0 Å². The molecule has 0 spiro atoms. The number of halogens is 2. The molecule has 1 aliphatic rings. The Kier molecular flexibility index (Phi) is 5.12. The second kappa shape index (κ2) is 6.61. The van der Waals surface area contributed by atoms with Crippen LogP contribution in [0.4, 0.5) is 4.39 Å². The highest BCUT2D eigenvalue weighted by atomic mass is 79.9. The Balaban J connectivity index is 1.96. The average Bonchev–Trinajstić information content (AvgIpc) is 2.87. The normalized spacial score (nSPS) is 21.2. The first kappa shape index (κ1) is 13.9. The topological polar surface area (TPSA) is 47.3 Å². The average molecular weight is 317 g/mol. The summed E-state index contributed by atoms with van der Waals surface area (Å²) in [7, 11) is 0. The molecular formula is C13H18BrFN2O. The molecule has 3 nitrogen and oxygen atoms in total. The van der Waals surface area contributed by atoms with Crippen molar-refractivity contribution in [3.63, 3.8) is 0 Å². The predicted octanol–water partition coefficient (Wildman–Crippen LogP) is 3.05. The van der Waals surface area contributed by atoms with Crippen LogP contribution >= 0.6 is 15.9 Å². The van der Waals surface area contributed by atoms with Gasteiger partial charge in [0.25, 0.3) is 0 Å². The van der Waals surface area contributed by atoms with Gasteiger partial charge in [-0.15, -0.1) is 0 Å². The van der Waals surface area contributed by atoms with Crippen molar-refractivity contribution in [2.45, 2.75) is 37.8 Å². The van der Waals surface area contributed by atoms with Crippen molar-refractivity contribution in [1.29, 1.82) is 0 Å². The number of ether oxygens (including phenoxy) is 1. The first-order valence-corrected chi connectivity index (χ1v) is 7.02. The van der Waals surface area contributed by atoms with Gasteiger partial charge in [0.1, 0.15) is 5.82 Å². The Hall–Kier alpha value is -0.490. The Morgan fingerprint density at radius 3 is 3.00 bits per heavy atom. The van der Waals surface area contributed by atoms with E-state index in [1.807, 2.05) is 0 Å². The van der Waals surface area contributed by atoms with E-state index in [9.17, 15) is 4.39 Å². The van der Waals surface area contributed by atoms with Gasteiger partial charge in [-0.1, -0.05) is 6.07 Å². The first-order valence-electron chi connectivity index (χ1n) is 6.23. The van der Waals surface area contributed by atoms with Crippen LogP contribution in [-0.2, 0) is 4.74 Å². The van der Waals surface area contributed by atoms with E-state index in [0.29, 0.717) is 10.6 Å². The molecule has 1 fully saturated rings. The van der Waals surface area contributed by atoms with Crippen molar-refractivity contribution in [2.24, 2.45) is 5.84 Å². The van der Waals surface area contributed by atoms with Crippen molar-refractivity contribution >= 4 is 15.9 Å². The van der Waals surface area contributed by atoms with Gasteiger partial charge in [-0.05, 0) is 59.3 Å². The summed E-state index contributed by atoms with van der Waals surface area (Å²) in [4.78, 5) is 0. The van der Waals surface area contributed by atoms with Gasteiger partial charge in [0.15, 0.2) is 0 Å². The molecule has 18 heavy (non-hydrogen) atoms. The van der Waals surface area contributed by atoms with E-state index in [1.165, 1.54) is 6.07 Å². The number of hydrazine groups is 1. The van der Waals surface area contributed by atoms with Crippen LogP contribution in [0, 0.1) is 5.82 Å². The summed E-state index contributed by atoms with van der Waals surface area (Å²) in [5.41, 5.74) is 3.78. The Morgan fingerprint density at radius 1 is 1.56 bits per heavy atom. The minimum atomic E-state index is -0.256. The Bertz CT molecular complexity index is 397. The maximum absolute atomic E-state index is 13.2. The molecule has 0 saturated carbocycles. The number of hydrogen-bond donors (Lipinski definition) is 2. The fourth-order valence-electron chi connectivity index (χ4n) is 2.30. The van der Waals surface area contributed by atoms with Crippen LogP contribution in [0.5, 0.6) is 0 Å². The second-order valence-corrected chi connectivity index (χ2v) is 5.46. The third-order valence-corrected chi connectivity index (χ3v) is 3.96. The molecule has 100 valence electrons. The van der Waals surface area contributed by atoms with Crippen molar-refractivity contribution < 1.29 is 9.13 Å². The fraction of sp³-hybridized carbons (Fsp3) is 0.538. The number of nitrogens with two attached hydrogens (primary N) is 1. The number of hydrogen-bond acceptors (Lipinski definition) is 3. The monoisotopic (exact) mass is 316 g/mol. The van der Waals surface area contributed by atoms with E-state index in [4.69, 9.17) is 10.6 Å². The summed E-state index contributed by atoms with van der Waals surface area (Å²) >= 11 is 3.19. The van der Waals surface area contributed by atoms with E-state index in [1.54, 1.807) is 12.1 Å². The molecule has 1 aromatic carbocycles. The van der Waals surface area contributed by atoms with Gasteiger partial charge in [-0.2, -0.15) is 0 Å². The molecule has 0 aliphatic carbocycles. The highest BCUT2D eigenvalue weighted by molar-refractivity contribution is 9.10. The first-order chi connectivity index (χ1) is 8.70. The minimum absolute atomic E-state index is 0.0334. The summed E-state index contributed by atoms with van der Waals surface area (Å²) in [6.07, 6.45) is 4.49. The van der Waals surface area contributed by atoms with Gasteiger partial charge in [0.05, 0.1) is 10.6 Å². The molecule has 2 rings (SSSR count). The van der Waals surface area contributed by atoms with Crippen molar-refractivity contribution in [1.82, 2.24) is 5.43 Å². The van der Waals surface area contributed by atoms with Gasteiger partial charge in [-0.25, -0.2) is 4.39 Å². The second-order valence-electron chi connectivity index (χ2n) is 4.61. The summed E-state index contributed by atoms with van der Waals surface area (Å²) in [6, 6.07) is 5.02. The van der Waals surface area contributed by atoms with E-state index in [-0.39, 0.29) is 11.9 Å². The molecule has 5 heteroatoms. The maximum Gasteiger partial charge on any atom is 0.137 e. The molecule has 1 saturated heterocycles. The summed E-state index contributed by atoms with van der Waals surface area (Å²) in [5, 5.41) is 0. The lowest BCUT2D eigenvalue weighted by atomic mass is 10.00. The highest BCUT2D eigenvalue weighted by Gasteiger charge is 2.18. The quantitative estimate of drug-likeness (QED) is 0.648. The molecular weight excluding hydrogens is 299 g/mol. The third kappa shape index (κ3) is 3.51.